The number of aromatic amines is 1. The molecular weight excluding hydrogens is 563 g/mol. The standard InChI is InChI=1S/C29H30F3N9O2/c30-29(31,32)23-9-19(28(34)15-42-16-28)10-24(39-23)43-21-2-7-40(8-3-21)20-11-27(12-20,4-5-33)41-14-18(13-38-41)25-22-1-6-35-26(22)37-17-36-25/h1,6,9-10,13-14,17,20-21H,2-4,7-8,11-12,15-16,34H2,(H,35,36,37)/t20-,27-. The van der Waals surface area contributed by atoms with Crippen molar-refractivity contribution in [2.75, 3.05) is 26.3 Å². The molecule has 0 radical (unpaired) electrons. The van der Waals surface area contributed by atoms with Gasteiger partial charge >= 0.3 is 6.18 Å². The summed E-state index contributed by atoms with van der Waals surface area (Å²) in [5.74, 6) is -0.0632. The van der Waals surface area contributed by atoms with Crippen molar-refractivity contribution in [3.8, 4) is 23.2 Å². The maximum absolute atomic E-state index is 13.6. The summed E-state index contributed by atoms with van der Waals surface area (Å²) in [7, 11) is 0. The van der Waals surface area contributed by atoms with Crippen molar-refractivity contribution in [2.24, 2.45) is 5.73 Å². The zero-order valence-electron chi connectivity index (χ0n) is 23.2. The Labute approximate surface area is 244 Å². The first kappa shape index (κ1) is 27.8. The number of H-pyrrole nitrogens is 1. The summed E-state index contributed by atoms with van der Waals surface area (Å²) in [4.78, 5) is 17.9. The van der Waals surface area contributed by atoms with Crippen LogP contribution in [0.25, 0.3) is 22.3 Å². The molecule has 0 aromatic carbocycles. The number of nitrogens with zero attached hydrogens (tertiary/aromatic N) is 7. The number of piperidine rings is 1. The number of rotatable bonds is 7. The predicted octanol–water partition coefficient (Wildman–Crippen LogP) is 3.73. The molecule has 1 aliphatic carbocycles. The van der Waals surface area contributed by atoms with Crippen molar-refractivity contribution in [1.82, 2.24) is 34.6 Å². The number of nitrogens with two attached hydrogens (primary N) is 1. The highest BCUT2D eigenvalue weighted by molar-refractivity contribution is 5.90. The third-order valence-electron chi connectivity index (χ3n) is 9.00. The number of alkyl halides is 3. The van der Waals surface area contributed by atoms with Crippen molar-refractivity contribution in [1.29, 1.82) is 5.26 Å². The summed E-state index contributed by atoms with van der Waals surface area (Å²) in [6, 6.07) is 7.04. The van der Waals surface area contributed by atoms with Crippen LogP contribution >= 0.6 is 0 Å². The minimum absolute atomic E-state index is 0.0632. The second kappa shape index (κ2) is 10.3. The van der Waals surface area contributed by atoms with Gasteiger partial charge in [0.25, 0.3) is 0 Å². The summed E-state index contributed by atoms with van der Waals surface area (Å²) >= 11 is 0. The lowest BCUT2D eigenvalue weighted by Gasteiger charge is -2.52. The monoisotopic (exact) mass is 593 g/mol. The largest absolute Gasteiger partial charge is 0.474 e. The van der Waals surface area contributed by atoms with E-state index in [4.69, 9.17) is 15.2 Å². The van der Waals surface area contributed by atoms with Gasteiger partial charge in [-0.3, -0.25) is 9.58 Å². The van der Waals surface area contributed by atoms with Gasteiger partial charge in [0, 0.05) is 48.5 Å². The van der Waals surface area contributed by atoms with Crippen molar-refractivity contribution in [3.05, 3.63) is 54.4 Å². The Hall–Kier alpha value is -4.06. The normalized spacial score (nSPS) is 24.3. The van der Waals surface area contributed by atoms with Crippen molar-refractivity contribution in [3.63, 3.8) is 0 Å². The molecule has 11 nitrogen and oxygen atoms in total. The van der Waals surface area contributed by atoms with Gasteiger partial charge in [-0.15, -0.1) is 0 Å². The predicted molar refractivity (Wildman–Crippen MR) is 147 cm³/mol. The number of nitrogens with one attached hydrogen (secondary N) is 1. The molecule has 2 saturated heterocycles. The molecule has 3 N–H and O–H groups in total. The van der Waals surface area contributed by atoms with Gasteiger partial charge < -0.3 is 20.2 Å². The highest BCUT2D eigenvalue weighted by Gasteiger charge is 2.49. The third kappa shape index (κ3) is 5.01. The highest BCUT2D eigenvalue weighted by atomic mass is 19.4. The van der Waals surface area contributed by atoms with E-state index in [1.165, 1.54) is 12.4 Å². The van der Waals surface area contributed by atoms with E-state index in [9.17, 15) is 18.4 Å². The Morgan fingerprint density at radius 2 is 1.98 bits per heavy atom. The van der Waals surface area contributed by atoms with Crippen LogP contribution in [0.1, 0.15) is 43.4 Å². The minimum atomic E-state index is -4.61. The van der Waals surface area contributed by atoms with Gasteiger partial charge in [-0.05, 0) is 43.4 Å². The molecule has 43 heavy (non-hydrogen) atoms. The molecule has 0 bridgehead atoms. The van der Waals surface area contributed by atoms with Crippen LogP contribution in [0.3, 0.4) is 0 Å². The van der Waals surface area contributed by atoms with E-state index in [0.717, 1.165) is 54.3 Å². The maximum Gasteiger partial charge on any atom is 0.433 e. The van der Waals surface area contributed by atoms with Gasteiger partial charge in [-0.2, -0.15) is 23.5 Å². The molecule has 3 fully saturated rings. The second-order valence-corrected chi connectivity index (χ2v) is 11.8. The number of fused-ring (bicyclic) bond motifs is 1. The number of likely N-dealkylation sites (tertiary alicyclic amines) is 1. The fourth-order valence-corrected chi connectivity index (χ4v) is 6.46. The fraction of sp³-hybridized carbons (Fsp3) is 0.483. The summed E-state index contributed by atoms with van der Waals surface area (Å²) in [5, 5.41) is 15.2. The summed E-state index contributed by atoms with van der Waals surface area (Å²) in [5.41, 5.74) is 6.55. The summed E-state index contributed by atoms with van der Waals surface area (Å²) in [6.45, 7) is 1.76. The fourth-order valence-electron chi connectivity index (χ4n) is 6.46. The molecule has 224 valence electrons. The maximum atomic E-state index is 13.6. The zero-order valence-corrected chi connectivity index (χ0v) is 23.2. The Bertz CT molecular complexity index is 1680. The molecule has 2 aliphatic heterocycles. The average Bonchev–Trinajstić information content (AvgIpc) is 3.64. The number of halogens is 3. The van der Waals surface area contributed by atoms with Crippen LogP contribution in [-0.2, 0) is 22.0 Å². The van der Waals surface area contributed by atoms with Gasteiger partial charge in [0.1, 0.15) is 23.8 Å². The minimum Gasteiger partial charge on any atom is -0.474 e. The molecular formula is C29H30F3N9O2. The second-order valence-electron chi connectivity index (χ2n) is 11.8. The first-order valence-electron chi connectivity index (χ1n) is 14.2. The van der Waals surface area contributed by atoms with E-state index in [-0.39, 0.29) is 31.2 Å². The van der Waals surface area contributed by atoms with Crippen LogP contribution in [0.5, 0.6) is 5.88 Å². The molecule has 0 atom stereocenters. The molecule has 6 heterocycles. The molecule has 7 rings (SSSR count). The molecule has 1 saturated carbocycles. The van der Waals surface area contributed by atoms with Crippen molar-refractivity contribution in [2.45, 2.75) is 61.5 Å². The van der Waals surface area contributed by atoms with Crippen LogP contribution in [0.15, 0.2) is 43.1 Å². The van der Waals surface area contributed by atoms with E-state index in [2.05, 4.69) is 36.0 Å². The Balaban J connectivity index is 1.00. The number of pyridine rings is 1. The van der Waals surface area contributed by atoms with Gasteiger partial charge in [0.2, 0.25) is 5.88 Å². The smallest absolute Gasteiger partial charge is 0.433 e. The molecule has 0 amide bonds. The Morgan fingerprint density at radius 3 is 2.67 bits per heavy atom. The quantitative estimate of drug-likeness (QED) is 0.328. The molecule has 3 aliphatic rings. The van der Waals surface area contributed by atoms with Gasteiger partial charge in [-0.1, -0.05) is 0 Å². The lowest BCUT2D eigenvalue weighted by Crippen LogP contribution is -2.58. The van der Waals surface area contributed by atoms with Crippen LogP contribution < -0.4 is 10.5 Å². The van der Waals surface area contributed by atoms with E-state index in [1.54, 1.807) is 6.20 Å². The van der Waals surface area contributed by atoms with Crippen LogP contribution in [-0.4, -0.2) is 73.1 Å². The average molecular weight is 594 g/mol. The SMILES string of the molecule is N#CC[C@]1(n2cc(-c3ncnc4[nH]ccc34)cn2)C[C@H](N2CCC(Oc3cc(C4(N)COC4)cc(C(F)(F)F)n3)CC2)C1. The number of hydrogen-bond acceptors (Lipinski definition) is 9. The lowest BCUT2D eigenvalue weighted by molar-refractivity contribution is -0.141. The zero-order chi connectivity index (χ0) is 29.8. The van der Waals surface area contributed by atoms with Crippen molar-refractivity contribution < 1.29 is 22.6 Å². The first-order valence-corrected chi connectivity index (χ1v) is 14.2. The van der Waals surface area contributed by atoms with E-state index in [0.29, 0.717) is 24.8 Å². The molecule has 4 aromatic rings. The highest BCUT2D eigenvalue weighted by Crippen LogP contribution is 2.46. The van der Waals surface area contributed by atoms with Gasteiger partial charge in [0.15, 0.2) is 0 Å². The number of ether oxygens (including phenoxy) is 2. The van der Waals surface area contributed by atoms with E-state index >= 15 is 0 Å². The van der Waals surface area contributed by atoms with Crippen molar-refractivity contribution >= 4 is 11.0 Å². The summed E-state index contributed by atoms with van der Waals surface area (Å²) in [6.07, 6.45) is 5.39. The van der Waals surface area contributed by atoms with Crippen LogP contribution in [0.2, 0.25) is 0 Å². The van der Waals surface area contributed by atoms with Crippen LogP contribution in [0.4, 0.5) is 13.2 Å². The Kier molecular flexibility index (Phi) is 6.64. The molecule has 4 aromatic heterocycles. The van der Waals surface area contributed by atoms with Gasteiger partial charge in [-0.25, -0.2) is 15.0 Å². The summed E-state index contributed by atoms with van der Waals surface area (Å²) < 4.78 is 53.8. The first-order chi connectivity index (χ1) is 20.7. The van der Waals surface area contributed by atoms with E-state index < -0.39 is 22.9 Å². The molecule has 0 unspecified atom stereocenters. The Morgan fingerprint density at radius 1 is 1.19 bits per heavy atom. The topological polar surface area (TPSA) is 144 Å². The number of hydrogen-bond donors (Lipinski definition) is 2. The van der Waals surface area contributed by atoms with Crippen LogP contribution in [0, 0.1) is 11.3 Å². The number of aromatic nitrogens is 6. The molecule has 14 heteroatoms. The van der Waals surface area contributed by atoms with E-state index in [1.807, 2.05) is 23.1 Å². The third-order valence-corrected chi connectivity index (χ3v) is 9.00. The molecule has 0 spiro atoms. The number of nitriles is 1. The van der Waals surface area contributed by atoms with Gasteiger partial charge in [0.05, 0.1) is 48.7 Å². The lowest BCUT2D eigenvalue weighted by atomic mass is 9.69.